The van der Waals surface area contributed by atoms with Crippen molar-refractivity contribution in [1.29, 1.82) is 0 Å². The fourth-order valence-electron chi connectivity index (χ4n) is 3.86. The van der Waals surface area contributed by atoms with E-state index in [9.17, 15) is 14.7 Å². The molecule has 146 valence electrons. The smallest absolute Gasteiger partial charge is 0.328 e. The van der Waals surface area contributed by atoms with E-state index in [2.05, 4.69) is 21.4 Å². The van der Waals surface area contributed by atoms with Crippen LogP contribution in [-0.2, 0) is 9.59 Å². The largest absolute Gasteiger partial charge is 0.480 e. The molecule has 8 heteroatoms. The Labute approximate surface area is 162 Å². The number of piperidine rings is 1. The number of carboxylic acids is 1. The number of carbonyl (C=O) groups excluding carboxylic acids is 1. The molecule has 1 aromatic carbocycles. The lowest BCUT2D eigenvalue weighted by Crippen LogP contribution is -2.42. The van der Waals surface area contributed by atoms with Gasteiger partial charge in [0.25, 0.3) is 5.91 Å². The first-order valence-corrected chi connectivity index (χ1v) is 9.48. The Hall–Kier alpha value is -3.16. The van der Waals surface area contributed by atoms with Crippen molar-refractivity contribution in [3.05, 3.63) is 47.8 Å². The van der Waals surface area contributed by atoms with Crippen molar-refractivity contribution in [3.8, 4) is 0 Å². The van der Waals surface area contributed by atoms with Gasteiger partial charge in [-0.2, -0.15) is 10.2 Å². The number of benzene rings is 1. The minimum atomic E-state index is -0.983. The second-order valence-electron chi connectivity index (χ2n) is 7.33. The Morgan fingerprint density at radius 1 is 1.18 bits per heavy atom. The van der Waals surface area contributed by atoms with Crippen LogP contribution in [0, 0.1) is 6.92 Å². The number of hydrogen-bond acceptors (Lipinski definition) is 5. The lowest BCUT2D eigenvalue weighted by Gasteiger charge is -2.31. The maximum atomic E-state index is 12.9. The van der Waals surface area contributed by atoms with Crippen molar-refractivity contribution in [1.82, 2.24) is 15.1 Å². The second-order valence-corrected chi connectivity index (χ2v) is 7.33. The fraction of sp³-hybridized carbons (Fsp3) is 0.400. The number of nitrogens with one attached hydrogen (secondary N) is 1. The number of carbonyl (C=O) groups is 2. The summed E-state index contributed by atoms with van der Waals surface area (Å²) >= 11 is 0. The summed E-state index contributed by atoms with van der Waals surface area (Å²) < 4.78 is 0. The van der Waals surface area contributed by atoms with Crippen molar-refractivity contribution in [3.63, 3.8) is 0 Å². The van der Waals surface area contributed by atoms with Crippen molar-refractivity contribution in [2.75, 3.05) is 18.1 Å². The van der Waals surface area contributed by atoms with Gasteiger partial charge in [0.15, 0.2) is 6.04 Å². The molecule has 1 aromatic heterocycles. The highest BCUT2D eigenvalue weighted by atomic mass is 16.4. The van der Waals surface area contributed by atoms with Crippen molar-refractivity contribution >= 4 is 23.3 Å². The molecule has 2 aromatic rings. The molecule has 1 amide bonds. The van der Waals surface area contributed by atoms with Crippen LogP contribution in [0.4, 0.5) is 5.69 Å². The number of likely N-dealkylation sites (tertiary alicyclic amines) is 1. The molecule has 3 heterocycles. The Kier molecular flexibility index (Phi) is 4.85. The highest BCUT2D eigenvalue weighted by Crippen LogP contribution is 2.29. The molecular weight excluding hydrogens is 358 g/mol. The second kappa shape index (κ2) is 7.46. The molecule has 1 unspecified atom stereocenters. The first-order chi connectivity index (χ1) is 13.5. The summed E-state index contributed by atoms with van der Waals surface area (Å²) in [6.45, 7) is 3.22. The van der Waals surface area contributed by atoms with Gasteiger partial charge in [-0.3, -0.25) is 14.9 Å². The summed E-state index contributed by atoms with van der Waals surface area (Å²) in [4.78, 5) is 26.4. The van der Waals surface area contributed by atoms with Crippen LogP contribution in [0.1, 0.15) is 36.6 Å². The van der Waals surface area contributed by atoms with E-state index in [1.807, 2.05) is 25.1 Å². The van der Waals surface area contributed by atoms with Gasteiger partial charge in [-0.15, -0.1) is 0 Å². The number of nitrogens with zero attached hydrogens (tertiary/aromatic N) is 4. The quantitative estimate of drug-likeness (QED) is 0.845. The van der Waals surface area contributed by atoms with Gasteiger partial charge in [-0.1, -0.05) is 18.2 Å². The van der Waals surface area contributed by atoms with Crippen LogP contribution in [0.5, 0.6) is 0 Å². The van der Waals surface area contributed by atoms with Gasteiger partial charge in [0.05, 0.1) is 11.4 Å². The summed E-state index contributed by atoms with van der Waals surface area (Å²) in [6.07, 6.45) is 1.80. The minimum Gasteiger partial charge on any atom is -0.480 e. The summed E-state index contributed by atoms with van der Waals surface area (Å²) in [6, 6.07) is 10.3. The van der Waals surface area contributed by atoms with Gasteiger partial charge in [0, 0.05) is 31.1 Å². The molecule has 1 fully saturated rings. The standard InChI is InChI=1S/C20H23N5O3/c1-13-11-16(22-21-13)14-7-9-24(10-8-14)19(26)17-12-18(20(27)28)25(23-17)15-5-3-2-4-6-15/h2-6,11,14,18H,7-10,12H2,1H3,(H,21,22)(H,27,28). The first-order valence-electron chi connectivity index (χ1n) is 9.48. The number of H-pyrrole nitrogens is 1. The summed E-state index contributed by atoms with van der Waals surface area (Å²) in [5.41, 5.74) is 3.06. The van der Waals surface area contributed by atoms with E-state index in [1.54, 1.807) is 17.0 Å². The predicted octanol–water partition coefficient (Wildman–Crippen LogP) is 2.14. The van der Waals surface area contributed by atoms with E-state index >= 15 is 0 Å². The fourth-order valence-corrected chi connectivity index (χ4v) is 3.86. The van der Waals surface area contributed by atoms with Crippen LogP contribution in [0.3, 0.4) is 0 Å². The Bertz CT molecular complexity index is 900. The number of para-hydroxylation sites is 1. The number of hydrogen-bond donors (Lipinski definition) is 2. The van der Waals surface area contributed by atoms with Gasteiger partial charge in [0.2, 0.25) is 0 Å². The highest BCUT2D eigenvalue weighted by molar-refractivity contribution is 6.40. The van der Waals surface area contributed by atoms with E-state index in [0.717, 1.165) is 24.2 Å². The molecule has 0 aliphatic carbocycles. The summed E-state index contributed by atoms with van der Waals surface area (Å²) in [7, 11) is 0. The zero-order chi connectivity index (χ0) is 19.7. The first kappa shape index (κ1) is 18.2. The van der Waals surface area contributed by atoms with Crippen LogP contribution in [0.15, 0.2) is 41.5 Å². The maximum Gasteiger partial charge on any atom is 0.328 e. The van der Waals surface area contributed by atoms with Crippen LogP contribution >= 0.6 is 0 Å². The number of aliphatic carboxylic acids is 1. The molecule has 28 heavy (non-hydrogen) atoms. The minimum absolute atomic E-state index is 0.113. The van der Waals surface area contributed by atoms with Gasteiger partial charge in [0.1, 0.15) is 5.71 Å². The number of aromatic nitrogens is 2. The average molecular weight is 381 g/mol. The molecule has 8 nitrogen and oxygen atoms in total. The van der Waals surface area contributed by atoms with Gasteiger partial charge < -0.3 is 10.0 Å². The summed E-state index contributed by atoms with van der Waals surface area (Å²) in [5, 5.41) is 22.7. The lowest BCUT2D eigenvalue weighted by molar-refractivity contribution is -0.138. The monoisotopic (exact) mass is 381 g/mol. The Balaban J connectivity index is 1.45. The summed E-state index contributed by atoms with van der Waals surface area (Å²) in [5.74, 6) is -0.809. The van der Waals surface area contributed by atoms with Gasteiger partial charge in [-0.05, 0) is 38.0 Å². The third-order valence-electron chi connectivity index (χ3n) is 5.39. The normalized spacial score (nSPS) is 20.3. The molecule has 0 bridgehead atoms. The SMILES string of the molecule is Cc1cc(C2CCN(C(=O)C3=NN(c4ccccc4)C(C(=O)O)C3)CC2)n[nH]1. The van der Waals surface area contributed by atoms with Crippen molar-refractivity contribution < 1.29 is 14.7 Å². The average Bonchev–Trinajstić information content (AvgIpc) is 3.35. The molecule has 4 rings (SSSR count). The van der Waals surface area contributed by atoms with Crippen LogP contribution < -0.4 is 5.01 Å². The topological polar surface area (TPSA) is 102 Å². The molecule has 0 radical (unpaired) electrons. The van der Waals surface area contributed by atoms with Gasteiger partial charge in [-0.25, -0.2) is 4.79 Å². The zero-order valence-corrected chi connectivity index (χ0v) is 15.7. The number of hydrazone groups is 1. The van der Waals surface area contributed by atoms with E-state index in [0.29, 0.717) is 30.4 Å². The number of anilines is 1. The third-order valence-corrected chi connectivity index (χ3v) is 5.39. The third kappa shape index (κ3) is 3.49. The molecule has 1 atom stereocenters. The molecule has 1 saturated heterocycles. The molecule has 0 spiro atoms. The van der Waals surface area contributed by atoms with Crippen LogP contribution in [-0.4, -0.2) is 56.9 Å². The van der Waals surface area contributed by atoms with E-state index in [-0.39, 0.29) is 12.3 Å². The predicted molar refractivity (Wildman–Crippen MR) is 104 cm³/mol. The number of aryl methyl sites for hydroxylation is 1. The number of aromatic amines is 1. The van der Waals surface area contributed by atoms with Crippen molar-refractivity contribution in [2.24, 2.45) is 5.10 Å². The molecular formula is C20H23N5O3. The number of carboxylic acid groups (broad SMARTS) is 1. The Morgan fingerprint density at radius 2 is 1.89 bits per heavy atom. The molecule has 2 N–H and O–H groups in total. The molecule has 2 aliphatic heterocycles. The van der Waals surface area contributed by atoms with E-state index in [4.69, 9.17) is 0 Å². The number of amides is 1. The Morgan fingerprint density at radius 3 is 2.50 bits per heavy atom. The lowest BCUT2D eigenvalue weighted by atomic mass is 9.93. The zero-order valence-electron chi connectivity index (χ0n) is 15.7. The highest BCUT2D eigenvalue weighted by Gasteiger charge is 2.38. The van der Waals surface area contributed by atoms with Crippen LogP contribution in [0.25, 0.3) is 0 Å². The van der Waals surface area contributed by atoms with Crippen LogP contribution in [0.2, 0.25) is 0 Å². The van der Waals surface area contributed by atoms with E-state index in [1.165, 1.54) is 5.01 Å². The van der Waals surface area contributed by atoms with Gasteiger partial charge >= 0.3 is 5.97 Å². The van der Waals surface area contributed by atoms with E-state index < -0.39 is 12.0 Å². The number of rotatable bonds is 4. The maximum absolute atomic E-state index is 12.9. The molecule has 2 aliphatic rings. The van der Waals surface area contributed by atoms with Crippen molar-refractivity contribution in [2.45, 2.75) is 38.1 Å². The molecule has 0 saturated carbocycles.